The minimum absolute atomic E-state index is 0.171. The van der Waals surface area contributed by atoms with Crippen molar-refractivity contribution in [3.05, 3.63) is 54.1 Å². The van der Waals surface area contributed by atoms with Crippen molar-refractivity contribution in [1.29, 1.82) is 0 Å². The zero-order valence-electron chi connectivity index (χ0n) is 12.4. The third-order valence-corrected chi connectivity index (χ3v) is 2.80. The van der Waals surface area contributed by atoms with Gasteiger partial charge in [0.2, 0.25) is 0 Å². The summed E-state index contributed by atoms with van der Waals surface area (Å²) in [6.45, 7) is 0.171. The molecule has 0 fully saturated rings. The van der Waals surface area contributed by atoms with Gasteiger partial charge >= 0.3 is 6.09 Å². The monoisotopic (exact) mass is 303 g/mol. The summed E-state index contributed by atoms with van der Waals surface area (Å²) in [6, 6.07) is 14.1. The topological polar surface area (TPSA) is 66.0 Å². The number of carbonyl (C=O) groups excluding carboxylic acids is 1. The van der Waals surface area contributed by atoms with Crippen LogP contribution in [-0.2, 0) is 11.4 Å². The Morgan fingerprint density at radius 2 is 1.73 bits per heavy atom. The van der Waals surface area contributed by atoms with Gasteiger partial charge in [0.15, 0.2) is 11.5 Å². The van der Waals surface area contributed by atoms with E-state index in [4.69, 9.17) is 19.0 Å². The maximum atomic E-state index is 11.5. The van der Waals surface area contributed by atoms with Crippen LogP contribution < -0.4 is 19.7 Å². The van der Waals surface area contributed by atoms with Crippen LogP contribution in [0.4, 0.5) is 4.79 Å². The molecule has 1 N–H and O–H groups in total. The third kappa shape index (κ3) is 4.39. The number of benzene rings is 2. The van der Waals surface area contributed by atoms with Gasteiger partial charge in [0.1, 0.15) is 12.4 Å². The second-order valence-corrected chi connectivity index (χ2v) is 4.28. The van der Waals surface area contributed by atoms with Gasteiger partial charge in [-0.1, -0.05) is 24.3 Å². The Bertz CT molecular complexity index is 615. The molecule has 0 spiro atoms. The zero-order chi connectivity index (χ0) is 15.8. The molecule has 0 aliphatic carbocycles. The summed E-state index contributed by atoms with van der Waals surface area (Å²) in [5, 5.41) is 0. The lowest BCUT2D eigenvalue weighted by atomic mass is 10.2. The van der Waals surface area contributed by atoms with E-state index >= 15 is 0 Å². The second-order valence-electron chi connectivity index (χ2n) is 4.28. The standard InChI is InChI=1S/C16H17NO5/c1-19-14-9-8-12(10-15(14)20-2)11-21-17-16(18)22-13-6-4-3-5-7-13/h3-10H,11H2,1-2H3,(H,17,18). The van der Waals surface area contributed by atoms with Crippen LogP contribution >= 0.6 is 0 Å². The molecule has 22 heavy (non-hydrogen) atoms. The SMILES string of the molecule is COc1ccc(CONC(=O)Oc2ccccc2)cc1OC. The first-order chi connectivity index (χ1) is 10.7. The molecule has 2 aromatic rings. The summed E-state index contributed by atoms with van der Waals surface area (Å²) < 4.78 is 15.3. The average molecular weight is 303 g/mol. The van der Waals surface area contributed by atoms with Gasteiger partial charge in [0.05, 0.1) is 14.2 Å². The van der Waals surface area contributed by atoms with Crippen molar-refractivity contribution in [3.63, 3.8) is 0 Å². The molecule has 0 bridgehead atoms. The van der Waals surface area contributed by atoms with Crippen molar-refractivity contribution >= 4 is 6.09 Å². The summed E-state index contributed by atoms with van der Waals surface area (Å²) in [6.07, 6.45) is -0.688. The van der Waals surface area contributed by atoms with Gasteiger partial charge in [-0.15, -0.1) is 0 Å². The fourth-order valence-electron chi connectivity index (χ4n) is 1.77. The summed E-state index contributed by atoms with van der Waals surface area (Å²) >= 11 is 0. The molecule has 0 saturated carbocycles. The Hall–Kier alpha value is -2.73. The molecular weight excluding hydrogens is 286 g/mol. The van der Waals surface area contributed by atoms with E-state index in [1.165, 1.54) is 0 Å². The van der Waals surface area contributed by atoms with Gasteiger partial charge < -0.3 is 14.2 Å². The molecule has 1 amide bonds. The number of hydrogen-bond acceptors (Lipinski definition) is 5. The van der Waals surface area contributed by atoms with Crippen LogP contribution in [-0.4, -0.2) is 20.3 Å². The van der Waals surface area contributed by atoms with Crippen molar-refractivity contribution < 1.29 is 23.8 Å². The molecule has 0 unspecified atom stereocenters. The van der Waals surface area contributed by atoms with Crippen molar-refractivity contribution in [2.45, 2.75) is 6.61 Å². The first kappa shape index (κ1) is 15.7. The molecule has 0 aliphatic rings. The fourth-order valence-corrected chi connectivity index (χ4v) is 1.77. The Balaban J connectivity index is 1.82. The van der Waals surface area contributed by atoms with Crippen molar-refractivity contribution in [1.82, 2.24) is 5.48 Å². The largest absolute Gasteiger partial charge is 0.493 e. The lowest BCUT2D eigenvalue weighted by Crippen LogP contribution is -2.26. The molecule has 0 atom stereocenters. The number of amides is 1. The molecule has 0 heterocycles. The molecular formula is C16H17NO5. The average Bonchev–Trinajstić information content (AvgIpc) is 2.55. The van der Waals surface area contributed by atoms with E-state index in [1.54, 1.807) is 50.6 Å². The molecule has 116 valence electrons. The highest BCUT2D eigenvalue weighted by Gasteiger charge is 2.07. The number of para-hydroxylation sites is 1. The minimum Gasteiger partial charge on any atom is -0.493 e. The van der Waals surface area contributed by atoms with Crippen LogP contribution in [0.15, 0.2) is 48.5 Å². The van der Waals surface area contributed by atoms with Gasteiger partial charge in [0.25, 0.3) is 0 Å². The van der Waals surface area contributed by atoms with Crippen LogP contribution in [0.25, 0.3) is 0 Å². The van der Waals surface area contributed by atoms with E-state index in [2.05, 4.69) is 5.48 Å². The summed E-state index contributed by atoms with van der Waals surface area (Å²) in [4.78, 5) is 16.6. The molecule has 6 heteroatoms. The Kier molecular flexibility index (Phi) is 5.62. The molecule has 0 aromatic heterocycles. The maximum absolute atomic E-state index is 11.5. The molecule has 2 aromatic carbocycles. The number of methoxy groups -OCH3 is 2. The van der Waals surface area contributed by atoms with E-state index in [1.807, 2.05) is 12.1 Å². The van der Waals surface area contributed by atoms with Crippen LogP contribution in [0.1, 0.15) is 5.56 Å². The third-order valence-electron chi connectivity index (χ3n) is 2.80. The Morgan fingerprint density at radius 1 is 1.00 bits per heavy atom. The number of ether oxygens (including phenoxy) is 3. The van der Waals surface area contributed by atoms with Crippen molar-refractivity contribution in [2.75, 3.05) is 14.2 Å². The molecule has 2 rings (SSSR count). The summed E-state index contributed by atoms with van der Waals surface area (Å²) in [7, 11) is 3.12. The highest BCUT2D eigenvalue weighted by atomic mass is 16.7. The van der Waals surface area contributed by atoms with Crippen LogP contribution in [0.2, 0.25) is 0 Å². The van der Waals surface area contributed by atoms with E-state index < -0.39 is 6.09 Å². The predicted octanol–water partition coefficient (Wildman–Crippen LogP) is 2.92. The fraction of sp³-hybridized carbons (Fsp3) is 0.188. The second kappa shape index (κ2) is 7.90. The Morgan fingerprint density at radius 3 is 2.41 bits per heavy atom. The number of carbonyl (C=O) groups is 1. The molecule has 0 aliphatic heterocycles. The number of hydroxylamine groups is 1. The number of rotatable bonds is 6. The summed E-state index contributed by atoms with van der Waals surface area (Å²) in [5.41, 5.74) is 3.03. The number of hydrogen-bond donors (Lipinski definition) is 1. The zero-order valence-corrected chi connectivity index (χ0v) is 12.4. The highest BCUT2D eigenvalue weighted by molar-refractivity contribution is 5.69. The van der Waals surface area contributed by atoms with Gasteiger partial charge in [-0.2, -0.15) is 5.48 Å². The lowest BCUT2D eigenvalue weighted by molar-refractivity contribution is 0.0342. The molecule has 6 nitrogen and oxygen atoms in total. The van der Waals surface area contributed by atoms with E-state index in [0.717, 1.165) is 5.56 Å². The van der Waals surface area contributed by atoms with Crippen molar-refractivity contribution in [3.8, 4) is 17.2 Å². The quantitative estimate of drug-likeness (QED) is 0.831. The van der Waals surface area contributed by atoms with Gasteiger partial charge in [-0.25, -0.2) is 4.79 Å². The van der Waals surface area contributed by atoms with Crippen LogP contribution in [0, 0.1) is 0 Å². The van der Waals surface area contributed by atoms with E-state index in [9.17, 15) is 4.79 Å². The normalized spacial score (nSPS) is 9.91. The number of nitrogens with one attached hydrogen (secondary N) is 1. The van der Waals surface area contributed by atoms with Gasteiger partial charge in [-0.05, 0) is 29.8 Å². The first-order valence-electron chi connectivity index (χ1n) is 6.58. The van der Waals surface area contributed by atoms with Gasteiger partial charge in [0, 0.05) is 0 Å². The molecule has 0 radical (unpaired) electrons. The summed E-state index contributed by atoms with van der Waals surface area (Å²) in [5.74, 6) is 1.66. The minimum atomic E-state index is -0.688. The molecule has 0 saturated heterocycles. The van der Waals surface area contributed by atoms with Gasteiger partial charge in [-0.3, -0.25) is 4.84 Å². The smallest absolute Gasteiger partial charge is 0.436 e. The lowest BCUT2D eigenvalue weighted by Gasteiger charge is -2.10. The van der Waals surface area contributed by atoms with E-state index in [-0.39, 0.29) is 6.61 Å². The Labute approximate surface area is 128 Å². The highest BCUT2D eigenvalue weighted by Crippen LogP contribution is 2.27. The first-order valence-corrected chi connectivity index (χ1v) is 6.58. The van der Waals surface area contributed by atoms with Crippen molar-refractivity contribution in [2.24, 2.45) is 0 Å². The van der Waals surface area contributed by atoms with Crippen LogP contribution in [0.5, 0.6) is 17.2 Å². The maximum Gasteiger partial charge on any atom is 0.436 e. The van der Waals surface area contributed by atoms with E-state index in [0.29, 0.717) is 17.2 Å². The predicted molar refractivity (Wildman–Crippen MR) is 79.9 cm³/mol. The van der Waals surface area contributed by atoms with Crippen LogP contribution in [0.3, 0.4) is 0 Å².